The van der Waals surface area contributed by atoms with Crippen LogP contribution >= 0.6 is 11.8 Å². The minimum absolute atomic E-state index is 0.503. The largest absolute Gasteiger partial charge is 0.399 e. The molecule has 0 saturated heterocycles. The number of hydrogen-bond acceptors (Lipinski definition) is 4. The van der Waals surface area contributed by atoms with E-state index in [9.17, 15) is 5.11 Å². The van der Waals surface area contributed by atoms with Gasteiger partial charge in [0.25, 0.3) is 0 Å². The molecule has 88 valence electrons. The van der Waals surface area contributed by atoms with E-state index < -0.39 is 6.10 Å². The van der Waals surface area contributed by atoms with Gasteiger partial charge >= 0.3 is 0 Å². The van der Waals surface area contributed by atoms with E-state index in [4.69, 9.17) is 5.73 Å². The van der Waals surface area contributed by atoms with Crippen molar-refractivity contribution in [2.75, 3.05) is 11.5 Å². The van der Waals surface area contributed by atoms with Gasteiger partial charge in [0, 0.05) is 28.7 Å². The first-order valence-electron chi connectivity index (χ1n) is 5.32. The van der Waals surface area contributed by atoms with Crippen molar-refractivity contribution in [3.63, 3.8) is 0 Å². The normalized spacial score (nSPS) is 12.3. The van der Waals surface area contributed by atoms with Gasteiger partial charge in [0.1, 0.15) is 0 Å². The molecule has 17 heavy (non-hydrogen) atoms. The molecule has 1 aromatic carbocycles. The van der Waals surface area contributed by atoms with Crippen molar-refractivity contribution >= 4 is 17.4 Å². The number of nitrogens with zero attached hydrogens (tertiary/aromatic N) is 1. The number of aliphatic hydroxyl groups excluding tert-OH is 1. The SMILES string of the molecule is Nc1cccc(C(O)CSc2ccncc2)c1. The Labute approximate surface area is 105 Å². The lowest BCUT2D eigenvalue weighted by atomic mass is 10.1. The maximum absolute atomic E-state index is 10.0. The van der Waals surface area contributed by atoms with Gasteiger partial charge in [-0.25, -0.2) is 0 Å². The molecule has 0 radical (unpaired) electrons. The number of thioether (sulfide) groups is 1. The van der Waals surface area contributed by atoms with Gasteiger partial charge in [-0.05, 0) is 29.8 Å². The summed E-state index contributed by atoms with van der Waals surface area (Å²) in [6.07, 6.45) is 2.99. The summed E-state index contributed by atoms with van der Waals surface area (Å²) in [6.45, 7) is 0. The Bertz CT molecular complexity index is 476. The number of aromatic nitrogens is 1. The third-order valence-corrected chi connectivity index (χ3v) is 3.44. The van der Waals surface area contributed by atoms with Gasteiger partial charge in [-0.2, -0.15) is 0 Å². The molecule has 1 atom stereocenters. The molecule has 1 aromatic heterocycles. The summed E-state index contributed by atoms with van der Waals surface area (Å²) in [6, 6.07) is 11.2. The molecule has 4 heteroatoms. The first kappa shape index (κ1) is 12.0. The highest BCUT2D eigenvalue weighted by atomic mass is 32.2. The van der Waals surface area contributed by atoms with Crippen LogP contribution in [0.2, 0.25) is 0 Å². The molecule has 1 heterocycles. The number of rotatable bonds is 4. The molecule has 0 aliphatic heterocycles. The molecule has 0 spiro atoms. The molecule has 0 aliphatic rings. The van der Waals surface area contributed by atoms with Gasteiger partial charge in [0.15, 0.2) is 0 Å². The molecule has 2 rings (SSSR count). The van der Waals surface area contributed by atoms with E-state index in [2.05, 4.69) is 4.98 Å². The fourth-order valence-corrected chi connectivity index (χ4v) is 2.33. The molecule has 0 bridgehead atoms. The van der Waals surface area contributed by atoms with Crippen LogP contribution in [0.5, 0.6) is 0 Å². The average molecular weight is 246 g/mol. The molecule has 0 saturated carbocycles. The van der Waals surface area contributed by atoms with Gasteiger partial charge in [0.2, 0.25) is 0 Å². The van der Waals surface area contributed by atoms with Crippen molar-refractivity contribution in [3.8, 4) is 0 Å². The molecular formula is C13H14N2OS. The number of anilines is 1. The standard InChI is InChI=1S/C13H14N2OS/c14-11-3-1-2-10(8-11)13(16)9-17-12-4-6-15-7-5-12/h1-8,13,16H,9,14H2. The van der Waals surface area contributed by atoms with Crippen LogP contribution < -0.4 is 5.73 Å². The summed E-state index contributed by atoms with van der Waals surface area (Å²) in [4.78, 5) is 5.05. The van der Waals surface area contributed by atoms with E-state index in [-0.39, 0.29) is 0 Å². The van der Waals surface area contributed by atoms with E-state index in [1.807, 2.05) is 30.3 Å². The molecule has 0 fully saturated rings. The summed E-state index contributed by atoms with van der Waals surface area (Å²) in [5, 5.41) is 10.0. The van der Waals surface area contributed by atoms with E-state index in [1.54, 1.807) is 30.2 Å². The van der Waals surface area contributed by atoms with Crippen LogP contribution in [0.15, 0.2) is 53.7 Å². The van der Waals surface area contributed by atoms with E-state index in [1.165, 1.54) is 0 Å². The van der Waals surface area contributed by atoms with Gasteiger partial charge in [0.05, 0.1) is 6.10 Å². The van der Waals surface area contributed by atoms with Crippen LogP contribution in [0.25, 0.3) is 0 Å². The highest BCUT2D eigenvalue weighted by molar-refractivity contribution is 7.99. The summed E-state index contributed by atoms with van der Waals surface area (Å²) in [5.74, 6) is 0.605. The van der Waals surface area contributed by atoms with Crippen LogP contribution in [0.4, 0.5) is 5.69 Å². The second-order valence-electron chi connectivity index (χ2n) is 3.68. The average Bonchev–Trinajstić information content (AvgIpc) is 2.37. The highest BCUT2D eigenvalue weighted by Crippen LogP contribution is 2.24. The third kappa shape index (κ3) is 3.47. The first-order valence-corrected chi connectivity index (χ1v) is 6.30. The monoisotopic (exact) mass is 246 g/mol. The lowest BCUT2D eigenvalue weighted by molar-refractivity contribution is 0.204. The van der Waals surface area contributed by atoms with E-state index in [0.29, 0.717) is 11.4 Å². The Morgan fingerprint density at radius 1 is 1.24 bits per heavy atom. The third-order valence-electron chi connectivity index (χ3n) is 2.35. The minimum atomic E-state index is -0.503. The topological polar surface area (TPSA) is 59.1 Å². The quantitative estimate of drug-likeness (QED) is 0.643. The van der Waals surface area contributed by atoms with Crippen LogP contribution in [-0.4, -0.2) is 15.8 Å². The predicted molar refractivity (Wildman–Crippen MR) is 70.8 cm³/mol. The second-order valence-corrected chi connectivity index (χ2v) is 4.77. The molecule has 2 aromatic rings. The Hall–Kier alpha value is -1.52. The number of pyridine rings is 1. The van der Waals surface area contributed by atoms with Gasteiger partial charge in [-0.1, -0.05) is 12.1 Å². The second kappa shape index (κ2) is 5.70. The van der Waals surface area contributed by atoms with E-state index >= 15 is 0 Å². The maximum Gasteiger partial charge on any atom is 0.0884 e. The van der Waals surface area contributed by atoms with Crippen molar-refractivity contribution in [2.45, 2.75) is 11.0 Å². The fraction of sp³-hybridized carbons (Fsp3) is 0.154. The fourth-order valence-electron chi connectivity index (χ4n) is 1.47. The summed E-state index contributed by atoms with van der Waals surface area (Å²) in [5.41, 5.74) is 7.21. The molecule has 3 nitrogen and oxygen atoms in total. The predicted octanol–water partition coefficient (Wildman–Crippen LogP) is 2.49. The zero-order valence-electron chi connectivity index (χ0n) is 9.28. The Morgan fingerprint density at radius 2 is 2.00 bits per heavy atom. The van der Waals surface area contributed by atoms with Crippen molar-refractivity contribution in [3.05, 3.63) is 54.4 Å². The number of hydrogen-bond donors (Lipinski definition) is 2. The van der Waals surface area contributed by atoms with Crippen LogP contribution in [0.1, 0.15) is 11.7 Å². The summed E-state index contributed by atoms with van der Waals surface area (Å²) < 4.78 is 0. The highest BCUT2D eigenvalue weighted by Gasteiger charge is 2.08. The Balaban J connectivity index is 1.96. The lowest BCUT2D eigenvalue weighted by Crippen LogP contribution is -2.01. The summed E-state index contributed by atoms with van der Waals surface area (Å²) in [7, 11) is 0. The molecular weight excluding hydrogens is 232 g/mol. The maximum atomic E-state index is 10.0. The minimum Gasteiger partial charge on any atom is -0.399 e. The van der Waals surface area contributed by atoms with Crippen molar-refractivity contribution in [1.82, 2.24) is 4.98 Å². The van der Waals surface area contributed by atoms with Crippen molar-refractivity contribution in [1.29, 1.82) is 0 Å². The summed E-state index contributed by atoms with van der Waals surface area (Å²) >= 11 is 1.60. The molecule has 0 aliphatic carbocycles. The number of nitrogens with two attached hydrogens (primary N) is 1. The molecule has 0 amide bonds. The number of aliphatic hydroxyl groups is 1. The Kier molecular flexibility index (Phi) is 4.01. The van der Waals surface area contributed by atoms with Gasteiger partial charge < -0.3 is 10.8 Å². The number of nitrogen functional groups attached to an aromatic ring is 1. The molecule has 3 N–H and O–H groups in total. The Morgan fingerprint density at radius 3 is 2.71 bits per heavy atom. The smallest absolute Gasteiger partial charge is 0.0884 e. The van der Waals surface area contributed by atoms with Gasteiger partial charge in [-0.15, -0.1) is 11.8 Å². The first-order chi connectivity index (χ1) is 8.25. The number of benzene rings is 1. The lowest BCUT2D eigenvalue weighted by Gasteiger charge is -2.11. The zero-order valence-corrected chi connectivity index (χ0v) is 10.1. The molecule has 1 unspecified atom stereocenters. The zero-order chi connectivity index (χ0) is 12.1. The van der Waals surface area contributed by atoms with Crippen LogP contribution in [-0.2, 0) is 0 Å². The van der Waals surface area contributed by atoms with Crippen molar-refractivity contribution < 1.29 is 5.11 Å². The van der Waals surface area contributed by atoms with Crippen molar-refractivity contribution in [2.24, 2.45) is 0 Å². The van der Waals surface area contributed by atoms with E-state index in [0.717, 1.165) is 10.5 Å². The van der Waals surface area contributed by atoms with Gasteiger partial charge in [-0.3, -0.25) is 4.98 Å². The van der Waals surface area contributed by atoms with Crippen LogP contribution in [0, 0.1) is 0 Å². The van der Waals surface area contributed by atoms with Crippen LogP contribution in [0.3, 0.4) is 0 Å².